The molecule has 0 atom stereocenters. The molecule has 2 aliphatic carbocycles. The lowest BCUT2D eigenvalue weighted by Gasteiger charge is -2.23. The van der Waals surface area contributed by atoms with Crippen molar-refractivity contribution in [2.75, 3.05) is 25.5 Å². The van der Waals surface area contributed by atoms with E-state index in [1.807, 2.05) is 43.3 Å². The number of anilines is 1. The number of aliphatic imine (C=N–C) groups is 1. The van der Waals surface area contributed by atoms with Gasteiger partial charge >= 0.3 is 0 Å². The van der Waals surface area contributed by atoms with E-state index in [9.17, 15) is 9.18 Å². The van der Waals surface area contributed by atoms with E-state index in [0.29, 0.717) is 31.0 Å². The SMILES string of the molecule is CNc1nc(C(=O)N(CCC2=CN=C3CC=C(F)C=C23)CC2CC2)c(-c2cccc(C)c2)s1. The fourth-order valence-electron chi connectivity index (χ4n) is 4.26. The second-order valence-electron chi connectivity index (χ2n) is 8.84. The number of carbonyl (C=O) groups is 1. The van der Waals surface area contributed by atoms with Crippen molar-refractivity contribution < 1.29 is 9.18 Å². The van der Waals surface area contributed by atoms with Gasteiger partial charge in [0.05, 0.1) is 10.6 Å². The van der Waals surface area contributed by atoms with Gasteiger partial charge in [-0.3, -0.25) is 9.79 Å². The number of fused-ring (bicyclic) bond motifs is 1. The van der Waals surface area contributed by atoms with Crippen LogP contribution in [0.2, 0.25) is 0 Å². The van der Waals surface area contributed by atoms with Crippen LogP contribution in [0.3, 0.4) is 0 Å². The summed E-state index contributed by atoms with van der Waals surface area (Å²) in [5.41, 5.74) is 5.43. The summed E-state index contributed by atoms with van der Waals surface area (Å²) in [5, 5.41) is 3.82. The van der Waals surface area contributed by atoms with Crippen LogP contribution in [0, 0.1) is 12.8 Å². The van der Waals surface area contributed by atoms with Crippen molar-refractivity contribution in [2.24, 2.45) is 10.9 Å². The summed E-state index contributed by atoms with van der Waals surface area (Å²) in [6.45, 7) is 3.34. The quantitative estimate of drug-likeness (QED) is 0.529. The number of halogens is 1. The van der Waals surface area contributed by atoms with Crippen LogP contribution in [0.15, 0.2) is 64.6 Å². The number of nitrogens with one attached hydrogen (secondary N) is 1. The van der Waals surface area contributed by atoms with Crippen molar-refractivity contribution >= 4 is 28.1 Å². The third-order valence-electron chi connectivity index (χ3n) is 6.24. The third kappa shape index (κ3) is 4.69. The van der Waals surface area contributed by atoms with Crippen molar-refractivity contribution in [1.82, 2.24) is 9.88 Å². The van der Waals surface area contributed by atoms with Crippen molar-refractivity contribution in [3.05, 3.63) is 70.8 Å². The number of nitrogens with zero attached hydrogens (tertiary/aromatic N) is 3. The molecule has 1 fully saturated rings. The fourth-order valence-corrected chi connectivity index (χ4v) is 5.16. The molecule has 1 aliphatic heterocycles. The monoisotopic (exact) mass is 462 g/mol. The maximum atomic E-state index is 13.8. The zero-order chi connectivity index (χ0) is 22.9. The highest BCUT2D eigenvalue weighted by molar-refractivity contribution is 7.19. The molecule has 1 aromatic carbocycles. The Balaban J connectivity index is 1.39. The number of carbonyl (C=O) groups excluding carboxylic acids is 1. The zero-order valence-corrected chi connectivity index (χ0v) is 19.7. The van der Waals surface area contributed by atoms with E-state index in [1.54, 1.807) is 12.2 Å². The summed E-state index contributed by atoms with van der Waals surface area (Å²) in [6, 6.07) is 8.18. The maximum Gasteiger partial charge on any atom is 0.274 e. The number of hydrogen-bond acceptors (Lipinski definition) is 5. The van der Waals surface area contributed by atoms with Crippen molar-refractivity contribution in [2.45, 2.75) is 32.6 Å². The average Bonchev–Trinajstić information content (AvgIpc) is 3.38. The molecule has 1 saturated carbocycles. The highest BCUT2D eigenvalue weighted by Gasteiger charge is 2.31. The van der Waals surface area contributed by atoms with Crippen LogP contribution in [0.1, 0.15) is 41.7 Å². The number of thiazole rings is 1. The molecule has 0 unspecified atom stereocenters. The minimum Gasteiger partial charge on any atom is -0.365 e. The molecule has 5 rings (SSSR count). The van der Waals surface area contributed by atoms with Gasteiger partial charge in [-0.25, -0.2) is 9.37 Å². The fraction of sp³-hybridized carbons (Fsp3) is 0.346. The number of amides is 1. The normalized spacial score (nSPS) is 17.1. The highest BCUT2D eigenvalue weighted by atomic mass is 32.1. The average molecular weight is 463 g/mol. The molecule has 2 heterocycles. The van der Waals surface area contributed by atoms with Gasteiger partial charge in [-0.05, 0) is 55.4 Å². The largest absolute Gasteiger partial charge is 0.365 e. The summed E-state index contributed by atoms with van der Waals surface area (Å²) < 4.78 is 13.8. The zero-order valence-electron chi connectivity index (χ0n) is 18.9. The lowest BCUT2D eigenvalue weighted by Crippen LogP contribution is -2.34. The standard InChI is InChI=1S/C26H27FN4OS/c1-16-4-3-5-18(12-16)24-23(30-26(28-2)33-24)25(32)31(15-17-6-7-17)11-10-19-14-29-22-9-8-20(27)13-21(19)22/h3-5,8,12-14,17H,6-7,9-11,15H2,1-2H3,(H,28,30). The van der Waals surface area contributed by atoms with Gasteiger partial charge in [-0.2, -0.15) is 0 Å². The molecule has 1 amide bonds. The van der Waals surface area contributed by atoms with Gasteiger partial charge in [0.15, 0.2) is 5.13 Å². The molecule has 170 valence electrons. The van der Waals surface area contributed by atoms with Gasteiger partial charge in [0.1, 0.15) is 11.5 Å². The first-order chi connectivity index (χ1) is 16.0. The number of benzene rings is 1. The predicted octanol–water partition coefficient (Wildman–Crippen LogP) is 5.92. The molecule has 0 spiro atoms. The first kappa shape index (κ1) is 21.8. The van der Waals surface area contributed by atoms with Crippen molar-refractivity contribution in [3.8, 4) is 10.4 Å². The molecular weight excluding hydrogens is 435 g/mol. The summed E-state index contributed by atoms with van der Waals surface area (Å²) >= 11 is 1.50. The van der Waals surface area contributed by atoms with Gasteiger partial charge in [-0.1, -0.05) is 41.2 Å². The van der Waals surface area contributed by atoms with E-state index in [0.717, 1.165) is 57.4 Å². The number of hydrogen-bond donors (Lipinski definition) is 1. The Hall–Kier alpha value is -3.06. The summed E-state index contributed by atoms with van der Waals surface area (Å²) in [5.74, 6) is 0.296. The Morgan fingerprint density at radius 1 is 1.33 bits per heavy atom. The van der Waals surface area contributed by atoms with Gasteiger partial charge < -0.3 is 10.2 Å². The van der Waals surface area contributed by atoms with Gasteiger partial charge in [0.2, 0.25) is 0 Å². The van der Waals surface area contributed by atoms with E-state index in [2.05, 4.69) is 21.4 Å². The lowest BCUT2D eigenvalue weighted by atomic mass is 9.95. The van der Waals surface area contributed by atoms with Crippen LogP contribution < -0.4 is 5.32 Å². The Morgan fingerprint density at radius 3 is 2.94 bits per heavy atom. The van der Waals surface area contributed by atoms with E-state index in [-0.39, 0.29) is 11.7 Å². The van der Waals surface area contributed by atoms with E-state index in [1.165, 1.54) is 11.3 Å². The maximum absolute atomic E-state index is 13.8. The number of aromatic nitrogens is 1. The Morgan fingerprint density at radius 2 is 2.18 bits per heavy atom. The van der Waals surface area contributed by atoms with Crippen LogP contribution >= 0.6 is 11.3 Å². The van der Waals surface area contributed by atoms with E-state index < -0.39 is 0 Å². The predicted molar refractivity (Wildman–Crippen MR) is 132 cm³/mol. The molecule has 1 N–H and O–H groups in total. The number of rotatable bonds is 8. The number of aryl methyl sites for hydroxylation is 1. The van der Waals surface area contributed by atoms with E-state index in [4.69, 9.17) is 0 Å². The minimum absolute atomic E-state index is 0.0420. The first-order valence-corrected chi connectivity index (χ1v) is 12.2. The van der Waals surface area contributed by atoms with Gasteiger partial charge in [-0.15, -0.1) is 0 Å². The second kappa shape index (κ2) is 9.06. The molecule has 0 bridgehead atoms. The van der Waals surface area contributed by atoms with Crippen LogP contribution in [-0.4, -0.2) is 41.6 Å². The van der Waals surface area contributed by atoms with Crippen molar-refractivity contribution in [3.63, 3.8) is 0 Å². The molecule has 5 nitrogen and oxygen atoms in total. The van der Waals surface area contributed by atoms with Crippen LogP contribution in [-0.2, 0) is 0 Å². The molecule has 2 aromatic rings. The van der Waals surface area contributed by atoms with Crippen LogP contribution in [0.25, 0.3) is 10.4 Å². The highest BCUT2D eigenvalue weighted by Crippen LogP contribution is 2.36. The van der Waals surface area contributed by atoms with E-state index >= 15 is 0 Å². The van der Waals surface area contributed by atoms with Crippen molar-refractivity contribution in [1.29, 1.82) is 0 Å². The molecular formula is C26H27FN4OS. The Bertz CT molecular complexity index is 1220. The first-order valence-electron chi connectivity index (χ1n) is 11.4. The molecule has 7 heteroatoms. The smallest absolute Gasteiger partial charge is 0.274 e. The molecule has 3 aliphatic rings. The topological polar surface area (TPSA) is 57.6 Å². The summed E-state index contributed by atoms with van der Waals surface area (Å²) in [6.07, 6.45) is 8.42. The third-order valence-corrected chi connectivity index (χ3v) is 7.37. The Kier molecular flexibility index (Phi) is 5.98. The summed E-state index contributed by atoms with van der Waals surface area (Å²) in [7, 11) is 1.82. The minimum atomic E-state index is -0.215. The molecule has 0 saturated heterocycles. The number of allylic oxidation sites excluding steroid dienone is 4. The lowest BCUT2D eigenvalue weighted by molar-refractivity contribution is 0.0745. The Labute approximate surface area is 197 Å². The molecule has 33 heavy (non-hydrogen) atoms. The second-order valence-corrected chi connectivity index (χ2v) is 9.84. The van der Waals surface area contributed by atoms with Gasteiger partial charge in [0, 0.05) is 38.3 Å². The summed E-state index contributed by atoms with van der Waals surface area (Å²) in [4.78, 5) is 25.7. The molecule has 1 aromatic heterocycles. The van der Waals surface area contributed by atoms with Crippen LogP contribution in [0.5, 0.6) is 0 Å². The van der Waals surface area contributed by atoms with Gasteiger partial charge in [0.25, 0.3) is 5.91 Å². The van der Waals surface area contributed by atoms with Crippen LogP contribution in [0.4, 0.5) is 9.52 Å². The molecule has 0 radical (unpaired) electrons.